The first-order chi connectivity index (χ1) is 9.75. The van der Waals surface area contributed by atoms with Gasteiger partial charge in [0.2, 0.25) is 5.91 Å². The number of rotatable bonds is 7. The summed E-state index contributed by atoms with van der Waals surface area (Å²) in [5, 5.41) is 0. The van der Waals surface area contributed by atoms with Gasteiger partial charge in [0, 0.05) is 12.0 Å². The van der Waals surface area contributed by atoms with E-state index in [-0.39, 0.29) is 0 Å². The zero-order chi connectivity index (χ0) is 14.2. The van der Waals surface area contributed by atoms with Crippen molar-refractivity contribution in [3.05, 3.63) is 60.2 Å². The third kappa shape index (κ3) is 4.31. The van der Waals surface area contributed by atoms with Crippen molar-refractivity contribution in [3.63, 3.8) is 0 Å². The molecule has 4 heteroatoms. The van der Waals surface area contributed by atoms with Crippen LogP contribution in [0.4, 0.5) is 0 Å². The Hall–Kier alpha value is -2.49. The van der Waals surface area contributed by atoms with E-state index in [0.717, 1.165) is 12.2 Å². The van der Waals surface area contributed by atoms with Crippen molar-refractivity contribution in [1.29, 1.82) is 0 Å². The molecule has 0 heterocycles. The van der Waals surface area contributed by atoms with Gasteiger partial charge in [-0.05, 0) is 30.3 Å². The molecule has 20 heavy (non-hydrogen) atoms. The lowest BCUT2D eigenvalue weighted by Gasteiger charge is -2.08. The van der Waals surface area contributed by atoms with Crippen LogP contribution in [0.25, 0.3) is 0 Å². The van der Waals surface area contributed by atoms with Gasteiger partial charge in [-0.1, -0.05) is 24.3 Å². The number of benzene rings is 2. The zero-order valence-electron chi connectivity index (χ0n) is 11.1. The summed E-state index contributed by atoms with van der Waals surface area (Å²) in [6.45, 7) is 1.11. The quantitative estimate of drug-likeness (QED) is 0.787. The monoisotopic (exact) mass is 271 g/mol. The second-order valence-corrected chi connectivity index (χ2v) is 4.26. The molecule has 2 rings (SSSR count). The minimum Gasteiger partial charge on any atom is -0.493 e. The lowest BCUT2D eigenvalue weighted by Crippen LogP contribution is -2.11. The summed E-state index contributed by atoms with van der Waals surface area (Å²) >= 11 is 0. The molecule has 0 aromatic heterocycles. The van der Waals surface area contributed by atoms with Crippen LogP contribution < -0.4 is 15.2 Å². The molecule has 2 aromatic carbocycles. The Labute approximate surface area is 118 Å². The van der Waals surface area contributed by atoms with Crippen LogP contribution in [0.5, 0.6) is 11.5 Å². The second kappa shape index (κ2) is 7.19. The Bertz CT molecular complexity index is 555. The van der Waals surface area contributed by atoms with Gasteiger partial charge in [-0.2, -0.15) is 0 Å². The highest BCUT2D eigenvalue weighted by molar-refractivity contribution is 5.93. The molecule has 104 valence electrons. The maximum Gasteiger partial charge on any atom is 0.248 e. The van der Waals surface area contributed by atoms with Crippen molar-refractivity contribution in [1.82, 2.24) is 0 Å². The van der Waals surface area contributed by atoms with Crippen LogP contribution in [0.1, 0.15) is 16.8 Å². The van der Waals surface area contributed by atoms with Gasteiger partial charge in [-0.15, -0.1) is 0 Å². The van der Waals surface area contributed by atoms with Gasteiger partial charge in [0.1, 0.15) is 11.5 Å². The van der Waals surface area contributed by atoms with Gasteiger partial charge < -0.3 is 15.2 Å². The van der Waals surface area contributed by atoms with E-state index in [0.29, 0.717) is 24.5 Å². The third-order valence-electron chi connectivity index (χ3n) is 2.69. The van der Waals surface area contributed by atoms with Gasteiger partial charge in [0.25, 0.3) is 0 Å². The summed E-state index contributed by atoms with van der Waals surface area (Å²) in [6, 6.07) is 16.5. The van der Waals surface area contributed by atoms with E-state index in [1.807, 2.05) is 30.3 Å². The average Bonchev–Trinajstić information content (AvgIpc) is 2.48. The number of primary amides is 1. The first-order valence-corrected chi connectivity index (χ1v) is 6.46. The lowest BCUT2D eigenvalue weighted by molar-refractivity contribution is 0.0999. The van der Waals surface area contributed by atoms with Crippen LogP contribution in [0.3, 0.4) is 0 Å². The van der Waals surface area contributed by atoms with Crippen LogP contribution >= 0.6 is 0 Å². The predicted molar refractivity (Wildman–Crippen MR) is 77.0 cm³/mol. The van der Waals surface area contributed by atoms with Gasteiger partial charge in [0.05, 0.1) is 13.2 Å². The Morgan fingerprint density at radius 3 is 2.25 bits per heavy atom. The summed E-state index contributed by atoms with van der Waals surface area (Å²) in [7, 11) is 0. The maximum atomic E-state index is 11.0. The molecule has 0 bridgehead atoms. The molecule has 0 saturated carbocycles. The van der Waals surface area contributed by atoms with Crippen molar-refractivity contribution in [2.45, 2.75) is 6.42 Å². The summed E-state index contributed by atoms with van der Waals surface area (Å²) in [4.78, 5) is 11.0. The van der Waals surface area contributed by atoms with Gasteiger partial charge in [-0.25, -0.2) is 0 Å². The Morgan fingerprint density at radius 2 is 1.55 bits per heavy atom. The third-order valence-corrected chi connectivity index (χ3v) is 2.69. The highest BCUT2D eigenvalue weighted by atomic mass is 16.5. The van der Waals surface area contributed by atoms with E-state index in [9.17, 15) is 4.79 Å². The molecule has 0 fully saturated rings. The summed E-state index contributed by atoms with van der Waals surface area (Å²) in [6.07, 6.45) is 0.760. The second-order valence-electron chi connectivity index (χ2n) is 4.26. The summed E-state index contributed by atoms with van der Waals surface area (Å²) < 4.78 is 11.1. The van der Waals surface area contributed by atoms with Crippen molar-refractivity contribution in [2.24, 2.45) is 5.73 Å². The smallest absolute Gasteiger partial charge is 0.248 e. The van der Waals surface area contributed by atoms with E-state index in [1.54, 1.807) is 24.3 Å². The summed E-state index contributed by atoms with van der Waals surface area (Å²) in [5.74, 6) is 1.03. The number of para-hydroxylation sites is 1. The Kier molecular flexibility index (Phi) is 5.00. The van der Waals surface area contributed by atoms with Crippen molar-refractivity contribution in [2.75, 3.05) is 13.2 Å². The average molecular weight is 271 g/mol. The molecule has 0 aliphatic rings. The molecular weight excluding hydrogens is 254 g/mol. The number of ether oxygens (including phenoxy) is 2. The highest BCUT2D eigenvalue weighted by Gasteiger charge is 2.01. The van der Waals surface area contributed by atoms with E-state index < -0.39 is 5.91 Å². The van der Waals surface area contributed by atoms with Crippen molar-refractivity contribution in [3.8, 4) is 11.5 Å². The molecule has 0 radical (unpaired) electrons. The van der Waals surface area contributed by atoms with Crippen LogP contribution in [-0.4, -0.2) is 19.1 Å². The molecule has 0 spiro atoms. The van der Waals surface area contributed by atoms with Crippen molar-refractivity contribution < 1.29 is 14.3 Å². The van der Waals surface area contributed by atoms with E-state index in [1.165, 1.54) is 0 Å². The first-order valence-electron chi connectivity index (χ1n) is 6.46. The number of carbonyl (C=O) groups excluding carboxylic acids is 1. The normalized spacial score (nSPS) is 10.0. The SMILES string of the molecule is NC(=O)c1cccc(OCCCOc2ccccc2)c1. The number of hydrogen-bond acceptors (Lipinski definition) is 3. The largest absolute Gasteiger partial charge is 0.493 e. The molecule has 2 aromatic rings. The first kappa shape index (κ1) is 13.9. The zero-order valence-corrected chi connectivity index (χ0v) is 11.1. The maximum absolute atomic E-state index is 11.0. The van der Waals surface area contributed by atoms with Crippen LogP contribution in [0.2, 0.25) is 0 Å². The molecule has 0 aliphatic carbocycles. The number of amides is 1. The molecule has 0 atom stereocenters. The number of hydrogen-bond donors (Lipinski definition) is 1. The van der Waals surface area contributed by atoms with E-state index in [2.05, 4.69) is 0 Å². The fraction of sp³-hybridized carbons (Fsp3) is 0.188. The Balaban J connectivity index is 1.71. The topological polar surface area (TPSA) is 61.6 Å². The number of nitrogens with two attached hydrogens (primary N) is 1. The van der Waals surface area contributed by atoms with Gasteiger partial charge in [0.15, 0.2) is 0 Å². The van der Waals surface area contributed by atoms with Crippen LogP contribution in [-0.2, 0) is 0 Å². The summed E-state index contributed by atoms with van der Waals surface area (Å²) in [5.41, 5.74) is 5.66. The molecular formula is C16H17NO3. The minimum atomic E-state index is -0.456. The van der Waals surface area contributed by atoms with Crippen LogP contribution in [0.15, 0.2) is 54.6 Å². The fourth-order valence-electron chi connectivity index (χ4n) is 1.69. The minimum absolute atomic E-state index is 0.447. The molecule has 0 aliphatic heterocycles. The van der Waals surface area contributed by atoms with E-state index in [4.69, 9.17) is 15.2 Å². The highest BCUT2D eigenvalue weighted by Crippen LogP contribution is 2.13. The number of carbonyl (C=O) groups is 1. The molecule has 0 unspecified atom stereocenters. The fourth-order valence-corrected chi connectivity index (χ4v) is 1.69. The predicted octanol–water partition coefficient (Wildman–Crippen LogP) is 2.63. The molecule has 1 amide bonds. The Morgan fingerprint density at radius 1 is 0.900 bits per heavy atom. The van der Waals surface area contributed by atoms with Crippen LogP contribution in [0, 0.1) is 0 Å². The molecule has 2 N–H and O–H groups in total. The molecule has 0 saturated heterocycles. The van der Waals surface area contributed by atoms with E-state index >= 15 is 0 Å². The van der Waals surface area contributed by atoms with Crippen molar-refractivity contribution >= 4 is 5.91 Å². The van der Waals surface area contributed by atoms with Gasteiger partial charge in [-0.3, -0.25) is 4.79 Å². The lowest BCUT2D eigenvalue weighted by atomic mass is 10.2. The molecule has 4 nitrogen and oxygen atoms in total. The standard InChI is InChI=1S/C16H17NO3/c17-16(18)13-6-4-9-15(12-13)20-11-5-10-19-14-7-2-1-3-8-14/h1-4,6-9,12H,5,10-11H2,(H2,17,18). The van der Waals surface area contributed by atoms with Gasteiger partial charge >= 0.3 is 0 Å².